The number of nitrogens with one attached hydrogen (secondary N) is 1. The summed E-state index contributed by atoms with van der Waals surface area (Å²) in [4.78, 5) is 4.14. The molecular weight excluding hydrogens is 305 g/mol. The van der Waals surface area contributed by atoms with Crippen LogP contribution < -0.4 is 5.32 Å². The second kappa shape index (κ2) is 5.94. The number of anilines is 1. The third kappa shape index (κ3) is 2.72. The lowest BCUT2D eigenvalue weighted by Crippen LogP contribution is -2.03. The van der Waals surface area contributed by atoms with Crippen molar-refractivity contribution in [3.05, 3.63) is 45.4 Å². The van der Waals surface area contributed by atoms with E-state index >= 15 is 0 Å². The number of aromatic nitrogens is 1. The molecule has 0 aliphatic carbocycles. The Morgan fingerprint density at radius 2 is 1.90 bits per heavy atom. The van der Waals surface area contributed by atoms with Crippen molar-refractivity contribution < 1.29 is 8.78 Å². The van der Waals surface area contributed by atoms with Crippen LogP contribution in [0.15, 0.2) is 18.2 Å². The first-order valence-corrected chi connectivity index (χ1v) is 6.76. The minimum atomic E-state index is -0.715. The van der Waals surface area contributed by atoms with E-state index in [1.54, 1.807) is 6.92 Å². The van der Waals surface area contributed by atoms with Gasteiger partial charge in [-0.3, -0.25) is 0 Å². The molecule has 1 heterocycles. The lowest BCUT2D eigenvalue weighted by atomic mass is 10.1. The summed E-state index contributed by atoms with van der Waals surface area (Å²) in [5.41, 5.74) is 0.107. The number of hydrogen-bond donors (Lipinski definition) is 1. The molecule has 6 heteroatoms. The maximum absolute atomic E-state index is 14.2. The lowest BCUT2D eigenvalue weighted by Gasteiger charge is -2.12. The summed E-state index contributed by atoms with van der Waals surface area (Å²) in [5.74, 6) is -1.05. The first-order chi connectivity index (χ1) is 9.45. The van der Waals surface area contributed by atoms with E-state index in [4.69, 9.17) is 23.2 Å². The molecule has 1 aromatic heterocycles. The third-order valence-electron chi connectivity index (χ3n) is 2.79. The normalized spacial score (nSPS) is 10.7. The van der Waals surface area contributed by atoms with Crippen molar-refractivity contribution in [2.75, 3.05) is 11.9 Å². The first kappa shape index (κ1) is 15.0. The maximum Gasteiger partial charge on any atom is 0.145 e. The van der Waals surface area contributed by atoms with Crippen molar-refractivity contribution in [1.29, 1.82) is 0 Å². The SMILES string of the molecule is CCNc1nc(-c2c(F)ccc(C)c2F)c(Cl)cc1Cl. The molecule has 0 fully saturated rings. The predicted molar refractivity (Wildman–Crippen MR) is 78.5 cm³/mol. The Bertz CT molecular complexity index is 660. The van der Waals surface area contributed by atoms with Gasteiger partial charge in [0.25, 0.3) is 0 Å². The van der Waals surface area contributed by atoms with Crippen LogP contribution in [0.25, 0.3) is 11.3 Å². The molecule has 0 saturated heterocycles. The second-order valence-corrected chi connectivity index (χ2v) is 5.05. The van der Waals surface area contributed by atoms with Gasteiger partial charge < -0.3 is 5.32 Å². The number of halogens is 4. The third-order valence-corrected chi connectivity index (χ3v) is 3.37. The molecule has 0 unspecified atom stereocenters. The van der Waals surface area contributed by atoms with E-state index in [0.29, 0.717) is 22.9 Å². The average molecular weight is 317 g/mol. The quantitative estimate of drug-likeness (QED) is 0.854. The summed E-state index contributed by atoms with van der Waals surface area (Å²) in [6.45, 7) is 3.99. The summed E-state index contributed by atoms with van der Waals surface area (Å²) in [5, 5.41) is 3.32. The van der Waals surface area contributed by atoms with E-state index in [9.17, 15) is 8.78 Å². The van der Waals surface area contributed by atoms with E-state index in [-0.39, 0.29) is 16.3 Å². The van der Waals surface area contributed by atoms with Crippen LogP contribution in [0.5, 0.6) is 0 Å². The van der Waals surface area contributed by atoms with Gasteiger partial charge in [0.1, 0.15) is 17.5 Å². The Hall–Kier alpha value is -1.39. The fraction of sp³-hybridized carbons (Fsp3) is 0.214. The summed E-state index contributed by atoms with van der Waals surface area (Å²) >= 11 is 12.0. The minimum absolute atomic E-state index is 0.0331. The van der Waals surface area contributed by atoms with Gasteiger partial charge in [-0.25, -0.2) is 13.8 Å². The molecule has 106 valence electrons. The van der Waals surface area contributed by atoms with Crippen molar-refractivity contribution in [2.24, 2.45) is 0 Å². The van der Waals surface area contributed by atoms with Crippen molar-refractivity contribution >= 4 is 29.0 Å². The number of aryl methyl sites for hydroxylation is 1. The molecular formula is C14H12Cl2F2N2. The Balaban J connectivity index is 2.70. The second-order valence-electron chi connectivity index (χ2n) is 4.23. The Morgan fingerprint density at radius 3 is 2.55 bits per heavy atom. The zero-order chi connectivity index (χ0) is 14.9. The molecule has 1 aromatic carbocycles. The first-order valence-electron chi connectivity index (χ1n) is 6.00. The Morgan fingerprint density at radius 1 is 1.20 bits per heavy atom. The largest absolute Gasteiger partial charge is 0.369 e. The summed E-state index contributed by atoms with van der Waals surface area (Å²) in [6.07, 6.45) is 0. The number of nitrogens with zero attached hydrogens (tertiary/aromatic N) is 1. The number of pyridine rings is 1. The number of rotatable bonds is 3. The monoisotopic (exact) mass is 316 g/mol. The molecule has 2 aromatic rings. The highest BCUT2D eigenvalue weighted by Gasteiger charge is 2.19. The molecule has 0 spiro atoms. The smallest absolute Gasteiger partial charge is 0.145 e. The molecule has 0 amide bonds. The standard InChI is InChI=1S/C14H12Cl2F2N2/c1-3-19-14-9(16)6-8(15)13(20-14)11-10(17)5-4-7(2)12(11)18/h4-6H,3H2,1-2H3,(H,19,20). The van der Waals surface area contributed by atoms with Gasteiger partial charge in [0.2, 0.25) is 0 Å². The van der Waals surface area contributed by atoms with Crippen LogP contribution in [-0.4, -0.2) is 11.5 Å². The fourth-order valence-corrected chi connectivity index (χ4v) is 2.33. The predicted octanol–water partition coefficient (Wildman–Crippen LogP) is 5.07. The minimum Gasteiger partial charge on any atom is -0.369 e. The highest BCUT2D eigenvalue weighted by atomic mass is 35.5. The van der Waals surface area contributed by atoms with Crippen molar-refractivity contribution in [2.45, 2.75) is 13.8 Å². The fourth-order valence-electron chi connectivity index (χ4n) is 1.81. The molecule has 2 nitrogen and oxygen atoms in total. The molecule has 20 heavy (non-hydrogen) atoms. The van der Waals surface area contributed by atoms with E-state index in [1.165, 1.54) is 18.2 Å². The van der Waals surface area contributed by atoms with Gasteiger partial charge in [0.15, 0.2) is 0 Å². The highest BCUT2D eigenvalue weighted by Crippen LogP contribution is 2.35. The van der Waals surface area contributed by atoms with Gasteiger partial charge in [0.05, 0.1) is 21.3 Å². The molecule has 0 radical (unpaired) electrons. The Labute approximate surface area is 125 Å². The summed E-state index contributed by atoms with van der Waals surface area (Å²) in [7, 11) is 0. The zero-order valence-electron chi connectivity index (χ0n) is 10.9. The van der Waals surface area contributed by atoms with Crippen LogP contribution in [0.2, 0.25) is 10.0 Å². The van der Waals surface area contributed by atoms with Crippen molar-refractivity contribution in [3.63, 3.8) is 0 Å². The molecule has 2 rings (SSSR count). The van der Waals surface area contributed by atoms with Crippen LogP contribution in [0, 0.1) is 18.6 Å². The molecule has 0 bridgehead atoms. The summed E-state index contributed by atoms with van der Waals surface area (Å²) in [6, 6.07) is 3.97. The van der Waals surface area contributed by atoms with Crippen LogP contribution in [0.4, 0.5) is 14.6 Å². The van der Waals surface area contributed by atoms with Crippen molar-refractivity contribution in [1.82, 2.24) is 4.98 Å². The van der Waals surface area contributed by atoms with Gasteiger partial charge in [0, 0.05) is 6.54 Å². The van der Waals surface area contributed by atoms with Crippen LogP contribution >= 0.6 is 23.2 Å². The molecule has 0 saturated carbocycles. The maximum atomic E-state index is 14.2. The Kier molecular flexibility index (Phi) is 4.45. The molecule has 1 N–H and O–H groups in total. The van der Waals surface area contributed by atoms with Crippen LogP contribution in [-0.2, 0) is 0 Å². The highest BCUT2D eigenvalue weighted by molar-refractivity contribution is 6.37. The number of hydrogen-bond acceptors (Lipinski definition) is 2. The topological polar surface area (TPSA) is 24.9 Å². The zero-order valence-corrected chi connectivity index (χ0v) is 12.4. The molecule has 0 atom stereocenters. The average Bonchev–Trinajstić information content (AvgIpc) is 2.39. The molecule has 0 aliphatic rings. The van der Waals surface area contributed by atoms with Gasteiger partial charge in [-0.05, 0) is 31.5 Å². The molecule has 0 aliphatic heterocycles. The lowest BCUT2D eigenvalue weighted by molar-refractivity contribution is 0.583. The van der Waals surface area contributed by atoms with Gasteiger partial charge in [-0.2, -0.15) is 0 Å². The van der Waals surface area contributed by atoms with Gasteiger partial charge >= 0.3 is 0 Å². The van der Waals surface area contributed by atoms with Crippen LogP contribution in [0.1, 0.15) is 12.5 Å². The van der Waals surface area contributed by atoms with Crippen LogP contribution in [0.3, 0.4) is 0 Å². The van der Waals surface area contributed by atoms with E-state index in [1.807, 2.05) is 6.92 Å². The summed E-state index contributed by atoms with van der Waals surface area (Å²) < 4.78 is 28.1. The van der Waals surface area contributed by atoms with Crippen molar-refractivity contribution in [3.8, 4) is 11.3 Å². The van der Waals surface area contributed by atoms with E-state index < -0.39 is 11.6 Å². The van der Waals surface area contributed by atoms with Gasteiger partial charge in [-0.15, -0.1) is 0 Å². The van der Waals surface area contributed by atoms with E-state index in [0.717, 1.165) is 0 Å². The van der Waals surface area contributed by atoms with E-state index in [2.05, 4.69) is 10.3 Å². The number of benzene rings is 1. The van der Waals surface area contributed by atoms with Gasteiger partial charge in [-0.1, -0.05) is 29.3 Å².